The van der Waals surface area contributed by atoms with Gasteiger partial charge in [0, 0.05) is 41.1 Å². The van der Waals surface area contributed by atoms with E-state index >= 15 is 0 Å². The first-order valence-electron chi connectivity index (χ1n) is 8.67. The summed E-state index contributed by atoms with van der Waals surface area (Å²) in [6.07, 6.45) is 1.60. The molecule has 1 aromatic carbocycles. The molecule has 1 atom stereocenters. The number of halogens is 1. The van der Waals surface area contributed by atoms with Crippen LogP contribution in [0.1, 0.15) is 18.0 Å². The van der Waals surface area contributed by atoms with E-state index in [1.807, 2.05) is 41.8 Å². The quantitative estimate of drug-likeness (QED) is 0.536. The molecule has 1 fully saturated rings. The third-order valence-electron chi connectivity index (χ3n) is 4.41. The predicted molar refractivity (Wildman–Crippen MR) is 111 cm³/mol. The van der Waals surface area contributed by atoms with Crippen molar-refractivity contribution in [3.8, 4) is 11.5 Å². The summed E-state index contributed by atoms with van der Waals surface area (Å²) >= 11 is 4.89. The smallest absolute Gasteiger partial charge is 0.407 e. The average Bonchev–Trinajstić information content (AvgIpc) is 3.34. The van der Waals surface area contributed by atoms with Crippen LogP contribution in [0.2, 0.25) is 0 Å². The van der Waals surface area contributed by atoms with Crippen LogP contribution < -0.4 is 10.1 Å². The second kappa shape index (κ2) is 8.15. The van der Waals surface area contributed by atoms with Gasteiger partial charge >= 0.3 is 6.09 Å². The monoisotopic (exact) mass is 460 g/mol. The lowest BCUT2D eigenvalue weighted by atomic mass is 10.1. The molecule has 0 aliphatic carbocycles. The van der Waals surface area contributed by atoms with Crippen LogP contribution in [0.25, 0.3) is 0 Å². The SMILES string of the molecule is O=C(O)N1CCC(c2csc(Nc3ncc(Br)cc3Oc3ccccc3)n2)C1. The number of likely N-dealkylation sites (tertiary alicyclic amines) is 1. The number of thiazole rings is 1. The molecule has 1 saturated heterocycles. The molecule has 7 nitrogen and oxygen atoms in total. The number of nitrogens with one attached hydrogen (secondary N) is 1. The third-order valence-corrected chi connectivity index (χ3v) is 5.62. The standard InChI is InChI=1S/C19H17BrN4O3S/c20-13-8-16(27-14-4-2-1-3-5-14)17(21-9-13)23-18-22-15(11-28-18)12-6-7-24(10-12)19(25)26/h1-5,8-9,11-12H,6-7,10H2,(H,25,26)(H,21,22,23). The molecule has 1 aliphatic rings. The van der Waals surface area contributed by atoms with Gasteiger partial charge in [-0.25, -0.2) is 14.8 Å². The molecule has 1 amide bonds. The minimum absolute atomic E-state index is 0.126. The van der Waals surface area contributed by atoms with Crippen LogP contribution in [-0.4, -0.2) is 39.2 Å². The van der Waals surface area contributed by atoms with Crippen molar-refractivity contribution in [1.29, 1.82) is 0 Å². The molecule has 2 N–H and O–H groups in total. The molecule has 3 heterocycles. The maximum absolute atomic E-state index is 11.1. The fourth-order valence-electron chi connectivity index (χ4n) is 3.02. The van der Waals surface area contributed by atoms with Gasteiger partial charge in [0.2, 0.25) is 0 Å². The molecule has 4 rings (SSSR count). The summed E-state index contributed by atoms with van der Waals surface area (Å²) in [5.41, 5.74) is 0.902. The third kappa shape index (κ3) is 4.26. The summed E-state index contributed by atoms with van der Waals surface area (Å²) < 4.78 is 6.77. The van der Waals surface area contributed by atoms with Crippen LogP contribution in [0.5, 0.6) is 11.5 Å². The molecule has 9 heteroatoms. The Morgan fingerprint density at radius 3 is 2.93 bits per heavy atom. The molecule has 0 radical (unpaired) electrons. The zero-order valence-electron chi connectivity index (χ0n) is 14.7. The molecule has 0 bridgehead atoms. The summed E-state index contributed by atoms with van der Waals surface area (Å²) in [6, 6.07) is 11.3. The molecule has 1 aliphatic heterocycles. The summed E-state index contributed by atoms with van der Waals surface area (Å²) in [7, 11) is 0. The Kier molecular flexibility index (Phi) is 5.45. The number of nitrogens with zero attached hydrogens (tertiary/aromatic N) is 3. The van der Waals surface area contributed by atoms with Gasteiger partial charge in [-0.05, 0) is 34.5 Å². The van der Waals surface area contributed by atoms with Crippen LogP contribution in [0.4, 0.5) is 15.7 Å². The zero-order chi connectivity index (χ0) is 19.5. The van der Waals surface area contributed by atoms with Crippen molar-refractivity contribution < 1.29 is 14.6 Å². The second-order valence-electron chi connectivity index (χ2n) is 6.33. The van der Waals surface area contributed by atoms with Crippen molar-refractivity contribution in [2.24, 2.45) is 0 Å². The summed E-state index contributed by atoms with van der Waals surface area (Å²) in [5, 5.41) is 15.0. The maximum atomic E-state index is 11.1. The van der Waals surface area contributed by atoms with E-state index in [1.54, 1.807) is 6.20 Å². The highest BCUT2D eigenvalue weighted by Crippen LogP contribution is 2.35. The molecular formula is C19H17BrN4O3S. The van der Waals surface area contributed by atoms with Crippen LogP contribution in [-0.2, 0) is 0 Å². The summed E-state index contributed by atoms with van der Waals surface area (Å²) in [4.78, 5) is 21.6. The lowest BCUT2D eigenvalue weighted by Crippen LogP contribution is -2.26. The highest BCUT2D eigenvalue weighted by Gasteiger charge is 2.28. The van der Waals surface area contributed by atoms with E-state index in [1.165, 1.54) is 16.2 Å². The molecule has 0 spiro atoms. The number of aromatic nitrogens is 2. The van der Waals surface area contributed by atoms with Gasteiger partial charge in [-0.3, -0.25) is 0 Å². The molecule has 0 saturated carbocycles. The van der Waals surface area contributed by atoms with Crippen LogP contribution in [0, 0.1) is 0 Å². The topological polar surface area (TPSA) is 87.6 Å². The first-order valence-corrected chi connectivity index (χ1v) is 10.3. The van der Waals surface area contributed by atoms with Gasteiger partial charge in [0.15, 0.2) is 16.7 Å². The van der Waals surface area contributed by atoms with E-state index in [9.17, 15) is 4.79 Å². The van der Waals surface area contributed by atoms with E-state index in [4.69, 9.17) is 9.84 Å². The van der Waals surface area contributed by atoms with Crippen molar-refractivity contribution in [3.05, 3.63) is 58.1 Å². The van der Waals surface area contributed by atoms with Gasteiger partial charge in [-0.2, -0.15) is 0 Å². The number of anilines is 2. The molecule has 2 aromatic heterocycles. The number of amides is 1. The Hall–Kier alpha value is -2.65. The van der Waals surface area contributed by atoms with Gasteiger partial charge in [0.1, 0.15) is 5.75 Å². The summed E-state index contributed by atoms with van der Waals surface area (Å²) in [6.45, 7) is 1.03. The lowest BCUT2D eigenvalue weighted by molar-refractivity contribution is 0.155. The molecule has 1 unspecified atom stereocenters. The van der Waals surface area contributed by atoms with Gasteiger partial charge in [0.25, 0.3) is 0 Å². The first-order chi connectivity index (χ1) is 13.6. The lowest BCUT2D eigenvalue weighted by Gasteiger charge is -2.11. The minimum Gasteiger partial charge on any atom is -0.465 e. The number of ether oxygens (including phenoxy) is 1. The van der Waals surface area contributed by atoms with Crippen molar-refractivity contribution in [2.45, 2.75) is 12.3 Å². The minimum atomic E-state index is -0.877. The molecular weight excluding hydrogens is 444 g/mol. The van der Waals surface area contributed by atoms with Crippen molar-refractivity contribution >= 4 is 44.3 Å². The van der Waals surface area contributed by atoms with E-state index in [2.05, 4.69) is 31.2 Å². The molecule has 28 heavy (non-hydrogen) atoms. The van der Waals surface area contributed by atoms with Gasteiger partial charge in [0.05, 0.1) is 5.69 Å². The number of carboxylic acid groups (broad SMARTS) is 1. The highest BCUT2D eigenvalue weighted by molar-refractivity contribution is 9.10. The number of carbonyl (C=O) groups is 1. The van der Waals surface area contributed by atoms with Crippen molar-refractivity contribution in [3.63, 3.8) is 0 Å². The van der Waals surface area contributed by atoms with Crippen molar-refractivity contribution in [1.82, 2.24) is 14.9 Å². The Morgan fingerprint density at radius 2 is 2.18 bits per heavy atom. The summed E-state index contributed by atoms with van der Waals surface area (Å²) in [5.74, 6) is 1.98. The van der Waals surface area contributed by atoms with Gasteiger partial charge in [-0.1, -0.05) is 18.2 Å². The van der Waals surface area contributed by atoms with Gasteiger partial charge < -0.3 is 20.1 Å². The van der Waals surface area contributed by atoms with E-state index in [-0.39, 0.29) is 5.92 Å². The van der Waals surface area contributed by atoms with E-state index in [0.717, 1.165) is 16.6 Å². The highest BCUT2D eigenvalue weighted by atomic mass is 79.9. The van der Waals surface area contributed by atoms with Crippen LogP contribution in [0.15, 0.2) is 52.4 Å². The molecule has 144 valence electrons. The molecule has 3 aromatic rings. The fraction of sp³-hybridized carbons (Fsp3) is 0.211. The number of hydrogen-bond donors (Lipinski definition) is 2. The first kappa shape index (κ1) is 18.7. The number of para-hydroxylation sites is 1. The Balaban J connectivity index is 1.51. The average molecular weight is 461 g/mol. The second-order valence-corrected chi connectivity index (χ2v) is 8.11. The number of hydrogen-bond acceptors (Lipinski definition) is 6. The Labute approximate surface area is 174 Å². The number of benzene rings is 1. The predicted octanol–water partition coefficient (Wildman–Crippen LogP) is 5.30. The normalized spacial score (nSPS) is 16.2. The largest absolute Gasteiger partial charge is 0.465 e. The Morgan fingerprint density at radius 1 is 1.36 bits per heavy atom. The van der Waals surface area contributed by atoms with E-state index < -0.39 is 6.09 Å². The zero-order valence-corrected chi connectivity index (χ0v) is 17.1. The van der Waals surface area contributed by atoms with E-state index in [0.29, 0.717) is 35.5 Å². The fourth-order valence-corrected chi connectivity index (χ4v) is 4.12. The maximum Gasteiger partial charge on any atom is 0.407 e. The van der Waals surface area contributed by atoms with Crippen LogP contribution >= 0.6 is 27.3 Å². The van der Waals surface area contributed by atoms with Crippen LogP contribution in [0.3, 0.4) is 0 Å². The van der Waals surface area contributed by atoms with Crippen molar-refractivity contribution in [2.75, 3.05) is 18.4 Å². The number of rotatable bonds is 5. The van der Waals surface area contributed by atoms with Gasteiger partial charge in [-0.15, -0.1) is 11.3 Å². The number of pyridine rings is 1. The Bertz CT molecular complexity index is 982.